The second-order valence-electron chi connectivity index (χ2n) is 5.34. The predicted molar refractivity (Wildman–Crippen MR) is 101 cm³/mol. The molecule has 2 N–H and O–H groups in total. The molecule has 1 aromatic carbocycles. The Labute approximate surface area is 148 Å². The summed E-state index contributed by atoms with van der Waals surface area (Å²) in [6, 6.07) is 11.7. The number of hydrogen-bond acceptors (Lipinski definition) is 4. The normalized spacial score (nSPS) is 11.5. The maximum Gasteiger partial charge on any atom is 0.172 e. The van der Waals surface area contributed by atoms with Crippen molar-refractivity contribution in [2.24, 2.45) is 0 Å². The average Bonchev–Trinajstić information content (AvgIpc) is 2.59. The molecule has 1 unspecified atom stereocenters. The first-order valence-electron chi connectivity index (χ1n) is 7.80. The number of rotatable bonds is 6. The molecular formula is C18H23N3O2S. The molecule has 0 amide bonds. The molecule has 1 heterocycles. The number of aromatic nitrogens is 1. The first-order chi connectivity index (χ1) is 11.6. The fourth-order valence-corrected chi connectivity index (χ4v) is 2.66. The zero-order chi connectivity index (χ0) is 17.5. The van der Waals surface area contributed by atoms with Gasteiger partial charge in [0.2, 0.25) is 0 Å². The molecule has 0 fully saturated rings. The number of thiocarbonyl (C=S) groups is 1. The fraction of sp³-hybridized carbons (Fsp3) is 0.333. The number of pyridine rings is 1. The van der Waals surface area contributed by atoms with Crippen molar-refractivity contribution in [2.45, 2.75) is 26.3 Å². The Morgan fingerprint density at radius 2 is 1.92 bits per heavy atom. The van der Waals surface area contributed by atoms with Gasteiger partial charge in [-0.25, -0.2) is 4.98 Å². The van der Waals surface area contributed by atoms with Crippen LogP contribution in [0.5, 0.6) is 11.5 Å². The maximum atomic E-state index is 5.41. The summed E-state index contributed by atoms with van der Waals surface area (Å²) in [4.78, 5) is 4.39. The standard InChI is InChI=1S/C18H23N3O2S/c1-5-14(13-9-10-15(22-3)16(11-13)23-4)20-18(24)21-17-8-6-7-12(2)19-17/h6-11,14H,5H2,1-4H3,(H2,19,20,21,24). The highest BCUT2D eigenvalue weighted by Crippen LogP contribution is 2.30. The van der Waals surface area contributed by atoms with Crippen molar-refractivity contribution in [1.82, 2.24) is 10.3 Å². The molecule has 2 rings (SSSR count). The highest BCUT2D eigenvalue weighted by Gasteiger charge is 2.14. The van der Waals surface area contributed by atoms with E-state index in [-0.39, 0.29) is 6.04 Å². The third-order valence-electron chi connectivity index (χ3n) is 3.65. The van der Waals surface area contributed by atoms with Crippen LogP contribution in [0, 0.1) is 6.92 Å². The molecule has 24 heavy (non-hydrogen) atoms. The van der Waals surface area contributed by atoms with Crippen molar-refractivity contribution < 1.29 is 9.47 Å². The molecule has 0 saturated heterocycles. The number of hydrogen-bond donors (Lipinski definition) is 2. The molecule has 128 valence electrons. The quantitative estimate of drug-likeness (QED) is 0.776. The molecule has 0 aliphatic heterocycles. The molecular weight excluding hydrogens is 322 g/mol. The number of aryl methyl sites for hydroxylation is 1. The lowest BCUT2D eigenvalue weighted by Crippen LogP contribution is -2.32. The summed E-state index contributed by atoms with van der Waals surface area (Å²) >= 11 is 5.41. The van der Waals surface area contributed by atoms with Crippen molar-refractivity contribution >= 4 is 23.1 Å². The van der Waals surface area contributed by atoms with Crippen molar-refractivity contribution in [1.29, 1.82) is 0 Å². The number of methoxy groups -OCH3 is 2. The average molecular weight is 345 g/mol. The zero-order valence-electron chi connectivity index (χ0n) is 14.4. The third-order valence-corrected chi connectivity index (χ3v) is 3.87. The Kier molecular flexibility index (Phi) is 6.37. The van der Waals surface area contributed by atoms with Gasteiger partial charge in [-0.3, -0.25) is 0 Å². The minimum atomic E-state index is 0.0645. The topological polar surface area (TPSA) is 55.4 Å². The van der Waals surface area contributed by atoms with Gasteiger partial charge in [0.05, 0.1) is 20.3 Å². The summed E-state index contributed by atoms with van der Waals surface area (Å²) in [5.41, 5.74) is 2.02. The molecule has 0 radical (unpaired) electrons. The van der Waals surface area contributed by atoms with Gasteiger partial charge in [-0.2, -0.15) is 0 Å². The van der Waals surface area contributed by atoms with Gasteiger partial charge < -0.3 is 20.1 Å². The van der Waals surface area contributed by atoms with E-state index in [9.17, 15) is 0 Å². The molecule has 0 bridgehead atoms. The van der Waals surface area contributed by atoms with Crippen LogP contribution in [0.15, 0.2) is 36.4 Å². The Morgan fingerprint density at radius 3 is 2.54 bits per heavy atom. The van der Waals surface area contributed by atoms with Gasteiger partial charge >= 0.3 is 0 Å². The van der Waals surface area contributed by atoms with Crippen LogP contribution in [0.2, 0.25) is 0 Å². The van der Waals surface area contributed by atoms with Crippen LogP contribution in [-0.2, 0) is 0 Å². The van der Waals surface area contributed by atoms with Gasteiger partial charge in [-0.15, -0.1) is 0 Å². The summed E-state index contributed by atoms with van der Waals surface area (Å²) in [7, 11) is 3.26. The largest absolute Gasteiger partial charge is 0.493 e. The minimum Gasteiger partial charge on any atom is -0.493 e. The Morgan fingerprint density at radius 1 is 1.17 bits per heavy atom. The van der Waals surface area contributed by atoms with E-state index < -0.39 is 0 Å². The Bertz CT molecular complexity index is 706. The second kappa shape index (κ2) is 8.49. The molecule has 0 aliphatic rings. The van der Waals surface area contributed by atoms with Crippen LogP contribution in [-0.4, -0.2) is 24.3 Å². The fourth-order valence-electron chi connectivity index (χ4n) is 2.41. The second-order valence-corrected chi connectivity index (χ2v) is 5.75. The van der Waals surface area contributed by atoms with Crippen molar-refractivity contribution in [3.63, 3.8) is 0 Å². The van der Waals surface area contributed by atoms with Gasteiger partial charge in [0.15, 0.2) is 16.6 Å². The van der Waals surface area contributed by atoms with Crippen LogP contribution < -0.4 is 20.1 Å². The van der Waals surface area contributed by atoms with Crippen LogP contribution in [0.4, 0.5) is 5.82 Å². The number of ether oxygens (including phenoxy) is 2. The smallest absolute Gasteiger partial charge is 0.172 e. The van der Waals surface area contributed by atoms with E-state index in [2.05, 4.69) is 22.5 Å². The molecule has 0 saturated carbocycles. The molecule has 6 heteroatoms. The lowest BCUT2D eigenvalue weighted by molar-refractivity contribution is 0.354. The summed E-state index contributed by atoms with van der Waals surface area (Å²) in [5.74, 6) is 2.14. The number of nitrogens with zero attached hydrogens (tertiary/aromatic N) is 1. The van der Waals surface area contributed by atoms with Crippen molar-refractivity contribution in [3.05, 3.63) is 47.7 Å². The SMILES string of the molecule is CCC(NC(=S)Nc1cccc(C)n1)c1ccc(OC)c(OC)c1. The van der Waals surface area contributed by atoms with E-state index in [1.807, 2.05) is 43.3 Å². The summed E-state index contributed by atoms with van der Waals surface area (Å²) < 4.78 is 10.7. The zero-order valence-corrected chi connectivity index (χ0v) is 15.2. The minimum absolute atomic E-state index is 0.0645. The van der Waals surface area contributed by atoms with Crippen LogP contribution >= 0.6 is 12.2 Å². The first-order valence-corrected chi connectivity index (χ1v) is 8.21. The molecule has 2 aromatic rings. The van der Waals surface area contributed by atoms with Crippen molar-refractivity contribution in [3.8, 4) is 11.5 Å². The summed E-state index contributed by atoms with van der Waals surface area (Å²) in [5, 5.41) is 6.98. The van der Waals surface area contributed by atoms with Gasteiger partial charge in [0, 0.05) is 5.69 Å². The van der Waals surface area contributed by atoms with E-state index in [4.69, 9.17) is 21.7 Å². The Balaban J connectivity index is 2.09. The molecule has 0 aliphatic carbocycles. The van der Waals surface area contributed by atoms with E-state index >= 15 is 0 Å². The predicted octanol–water partition coefficient (Wildman–Crippen LogP) is 3.84. The number of anilines is 1. The van der Waals surface area contributed by atoms with E-state index in [0.717, 1.165) is 23.5 Å². The lowest BCUT2D eigenvalue weighted by atomic mass is 10.0. The van der Waals surface area contributed by atoms with E-state index in [1.165, 1.54) is 0 Å². The molecule has 1 aromatic heterocycles. The van der Waals surface area contributed by atoms with Gasteiger partial charge in [-0.05, 0) is 55.4 Å². The summed E-state index contributed by atoms with van der Waals surface area (Å²) in [6.45, 7) is 4.04. The maximum absolute atomic E-state index is 5.41. The molecule has 0 spiro atoms. The summed E-state index contributed by atoms with van der Waals surface area (Å²) in [6.07, 6.45) is 0.874. The van der Waals surface area contributed by atoms with Gasteiger partial charge in [0.25, 0.3) is 0 Å². The van der Waals surface area contributed by atoms with Crippen molar-refractivity contribution in [2.75, 3.05) is 19.5 Å². The van der Waals surface area contributed by atoms with Gasteiger partial charge in [0.1, 0.15) is 5.82 Å². The van der Waals surface area contributed by atoms with Crippen LogP contribution in [0.25, 0.3) is 0 Å². The highest BCUT2D eigenvalue weighted by atomic mass is 32.1. The lowest BCUT2D eigenvalue weighted by Gasteiger charge is -2.21. The van der Waals surface area contributed by atoms with Gasteiger partial charge in [-0.1, -0.05) is 19.1 Å². The highest BCUT2D eigenvalue weighted by molar-refractivity contribution is 7.80. The molecule has 1 atom stereocenters. The van der Waals surface area contributed by atoms with Crippen LogP contribution in [0.3, 0.4) is 0 Å². The first kappa shape index (κ1) is 18.0. The number of benzene rings is 1. The monoisotopic (exact) mass is 345 g/mol. The van der Waals surface area contributed by atoms with E-state index in [1.54, 1.807) is 14.2 Å². The number of nitrogens with one attached hydrogen (secondary N) is 2. The Hall–Kier alpha value is -2.34. The van der Waals surface area contributed by atoms with E-state index in [0.29, 0.717) is 16.6 Å². The third kappa shape index (κ3) is 4.58. The molecule has 5 nitrogen and oxygen atoms in total. The van der Waals surface area contributed by atoms with Crippen LogP contribution in [0.1, 0.15) is 30.6 Å².